The molecule has 0 amide bonds. The summed E-state index contributed by atoms with van der Waals surface area (Å²) in [5, 5.41) is 10.3. The van der Waals surface area contributed by atoms with Gasteiger partial charge in [0.25, 0.3) is 0 Å². The Morgan fingerprint density at radius 2 is 1.71 bits per heavy atom. The highest BCUT2D eigenvalue weighted by Gasteiger charge is 2.19. The molecule has 1 unspecified atom stereocenters. The number of β-amino-alcohol motifs (C(OH)–C–C–N with tert-alkyl or cyclic N) is 1. The minimum atomic E-state index is -0.473. The van der Waals surface area contributed by atoms with Crippen LogP contribution in [-0.2, 0) is 13.0 Å². The van der Waals surface area contributed by atoms with Gasteiger partial charge in [-0.25, -0.2) is 0 Å². The van der Waals surface area contributed by atoms with Crippen molar-refractivity contribution in [3.8, 4) is 5.75 Å². The first-order chi connectivity index (χ1) is 11.1. The van der Waals surface area contributed by atoms with Crippen molar-refractivity contribution in [2.75, 3.05) is 19.7 Å². The molecule has 1 N–H and O–H groups in total. The lowest BCUT2D eigenvalue weighted by Crippen LogP contribution is -2.38. The Hall–Kier alpha value is -1.55. The fourth-order valence-corrected chi connectivity index (χ4v) is 3.27. The fraction of sp³-hybridized carbons (Fsp3) is 0.400. The average molecular weight is 348 g/mol. The van der Waals surface area contributed by atoms with Gasteiger partial charge in [-0.1, -0.05) is 42.5 Å². The molecule has 0 fully saturated rings. The van der Waals surface area contributed by atoms with Crippen LogP contribution in [-0.4, -0.2) is 35.8 Å². The van der Waals surface area contributed by atoms with Gasteiger partial charge in [0.1, 0.15) is 18.5 Å². The van der Waals surface area contributed by atoms with Gasteiger partial charge in [-0.05, 0) is 42.5 Å². The maximum Gasteiger partial charge on any atom is 0.125 e. The van der Waals surface area contributed by atoms with Crippen molar-refractivity contribution in [1.29, 1.82) is 0 Å². The van der Waals surface area contributed by atoms with Crippen LogP contribution in [0.25, 0.3) is 0 Å². The number of hydrogen-bond donors (Lipinski definition) is 1. The second-order valence-electron chi connectivity index (χ2n) is 6.44. The van der Waals surface area contributed by atoms with Crippen molar-refractivity contribution in [1.82, 2.24) is 4.90 Å². The third kappa shape index (κ3) is 4.50. The van der Waals surface area contributed by atoms with Crippen LogP contribution in [0.5, 0.6) is 5.75 Å². The number of rotatable bonds is 5. The summed E-state index contributed by atoms with van der Waals surface area (Å²) in [6.45, 7) is 6.98. The highest BCUT2D eigenvalue weighted by Crippen LogP contribution is 2.23. The summed E-state index contributed by atoms with van der Waals surface area (Å²) < 4.78 is 5.86. The molecule has 1 atom stereocenters. The Kier molecular flexibility index (Phi) is 6.67. The normalized spacial score (nSPS) is 15.3. The molecule has 0 spiro atoms. The summed E-state index contributed by atoms with van der Waals surface area (Å²) in [6, 6.07) is 14.7. The van der Waals surface area contributed by atoms with E-state index in [4.69, 9.17) is 4.74 Å². The molecule has 2 aromatic carbocycles. The standard InChI is InChI=1S/C20H25NO2.ClH/c1-15-6-5-7-16(2)20(15)23-14-19(22)13-21-11-10-17-8-3-4-9-18(17)12-21;/h3-9,19,22H,10-14H2,1-2H3;1H. The zero-order chi connectivity index (χ0) is 16.2. The number of fused-ring (bicyclic) bond motifs is 1. The highest BCUT2D eigenvalue weighted by molar-refractivity contribution is 5.85. The topological polar surface area (TPSA) is 32.7 Å². The van der Waals surface area contributed by atoms with E-state index >= 15 is 0 Å². The third-order valence-corrected chi connectivity index (χ3v) is 4.51. The molecule has 0 saturated carbocycles. The van der Waals surface area contributed by atoms with Crippen LogP contribution >= 0.6 is 12.4 Å². The van der Waals surface area contributed by atoms with Crippen LogP contribution in [0.2, 0.25) is 0 Å². The molecular formula is C20H26ClNO2. The van der Waals surface area contributed by atoms with Gasteiger partial charge in [0.2, 0.25) is 0 Å². The number of benzene rings is 2. The first-order valence-corrected chi connectivity index (χ1v) is 8.29. The Balaban J connectivity index is 0.00000208. The number of halogens is 1. The zero-order valence-electron chi connectivity index (χ0n) is 14.4. The number of ether oxygens (including phenoxy) is 1. The van der Waals surface area contributed by atoms with Gasteiger partial charge in [0, 0.05) is 19.6 Å². The molecule has 0 aromatic heterocycles. The summed E-state index contributed by atoms with van der Waals surface area (Å²) in [5.41, 5.74) is 5.04. The molecule has 1 aliphatic rings. The maximum atomic E-state index is 10.3. The fourth-order valence-electron chi connectivity index (χ4n) is 3.27. The van der Waals surface area contributed by atoms with Gasteiger partial charge in [-0.15, -0.1) is 12.4 Å². The molecule has 3 nitrogen and oxygen atoms in total. The Morgan fingerprint density at radius 1 is 1.04 bits per heavy atom. The molecule has 3 rings (SSSR count). The number of aliphatic hydroxyl groups excluding tert-OH is 1. The molecule has 130 valence electrons. The molecule has 0 radical (unpaired) electrons. The van der Waals surface area contributed by atoms with E-state index in [1.807, 2.05) is 32.0 Å². The first kappa shape index (κ1) is 18.8. The SMILES string of the molecule is Cc1cccc(C)c1OCC(O)CN1CCc2ccccc2C1.Cl. The number of aryl methyl sites for hydroxylation is 2. The number of aliphatic hydroxyl groups is 1. The van der Waals surface area contributed by atoms with Crippen molar-refractivity contribution < 1.29 is 9.84 Å². The molecular weight excluding hydrogens is 322 g/mol. The van der Waals surface area contributed by atoms with Crippen LogP contribution < -0.4 is 4.74 Å². The first-order valence-electron chi connectivity index (χ1n) is 8.29. The second-order valence-corrected chi connectivity index (χ2v) is 6.44. The van der Waals surface area contributed by atoms with Gasteiger partial charge in [0.15, 0.2) is 0 Å². The van der Waals surface area contributed by atoms with E-state index in [-0.39, 0.29) is 12.4 Å². The second kappa shape index (κ2) is 8.52. The summed E-state index contributed by atoms with van der Waals surface area (Å²) in [4.78, 5) is 2.31. The maximum absolute atomic E-state index is 10.3. The van der Waals surface area contributed by atoms with Crippen molar-refractivity contribution in [3.05, 3.63) is 64.7 Å². The third-order valence-electron chi connectivity index (χ3n) is 4.51. The minimum Gasteiger partial charge on any atom is -0.490 e. The van der Waals surface area contributed by atoms with Crippen LogP contribution in [0.15, 0.2) is 42.5 Å². The zero-order valence-corrected chi connectivity index (χ0v) is 15.2. The summed E-state index contributed by atoms with van der Waals surface area (Å²) >= 11 is 0. The van der Waals surface area contributed by atoms with E-state index in [9.17, 15) is 5.11 Å². The van der Waals surface area contributed by atoms with Crippen LogP contribution in [0.1, 0.15) is 22.3 Å². The van der Waals surface area contributed by atoms with E-state index in [1.54, 1.807) is 0 Å². The molecule has 4 heteroatoms. The number of para-hydroxylation sites is 1. The lowest BCUT2D eigenvalue weighted by atomic mass is 10.00. The number of nitrogens with zero attached hydrogens (tertiary/aromatic N) is 1. The molecule has 1 heterocycles. The molecule has 0 saturated heterocycles. The van der Waals surface area contributed by atoms with Crippen molar-refractivity contribution in [3.63, 3.8) is 0 Å². The van der Waals surface area contributed by atoms with Gasteiger partial charge < -0.3 is 9.84 Å². The van der Waals surface area contributed by atoms with Crippen molar-refractivity contribution >= 4 is 12.4 Å². The van der Waals surface area contributed by atoms with Crippen molar-refractivity contribution in [2.45, 2.75) is 32.9 Å². The Bertz CT molecular complexity index is 654. The van der Waals surface area contributed by atoms with Gasteiger partial charge >= 0.3 is 0 Å². The van der Waals surface area contributed by atoms with Crippen LogP contribution in [0.3, 0.4) is 0 Å². The molecule has 1 aliphatic heterocycles. The quantitative estimate of drug-likeness (QED) is 0.898. The monoisotopic (exact) mass is 347 g/mol. The van der Waals surface area contributed by atoms with Gasteiger partial charge in [-0.3, -0.25) is 4.90 Å². The van der Waals surface area contributed by atoms with Gasteiger partial charge in [-0.2, -0.15) is 0 Å². The summed E-state index contributed by atoms with van der Waals surface area (Å²) in [6.07, 6.45) is 0.583. The van der Waals surface area contributed by atoms with Crippen LogP contribution in [0.4, 0.5) is 0 Å². The van der Waals surface area contributed by atoms with Gasteiger partial charge in [0.05, 0.1) is 0 Å². The van der Waals surface area contributed by atoms with E-state index in [0.29, 0.717) is 13.2 Å². The largest absolute Gasteiger partial charge is 0.490 e. The smallest absolute Gasteiger partial charge is 0.125 e. The highest BCUT2D eigenvalue weighted by atomic mass is 35.5. The van der Waals surface area contributed by atoms with E-state index in [2.05, 4.69) is 29.2 Å². The van der Waals surface area contributed by atoms with E-state index < -0.39 is 6.10 Å². The minimum absolute atomic E-state index is 0. The summed E-state index contributed by atoms with van der Waals surface area (Å²) in [7, 11) is 0. The average Bonchev–Trinajstić information content (AvgIpc) is 2.54. The predicted molar refractivity (Wildman–Crippen MR) is 100 cm³/mol. The Morgan fingerprint density at radius 3 is 2.42 bits per heavy atom. The molecule has 0 aliphatic carbocycles. The molecule has 2 aromatic rings. The van der Waals surface area contributed by atoms with Crippen molar-refractivity contribution in [2.24, 2.45) is 0 Å². The molecule has 24 heavy (non-hydrogen) atoms. The van der Waals surface area contributed by atoms with E-state index in [1.165, 1.54) is 11.1 Å². The predicted octanol–water partition coefficient (Wildman–Crippen LogP) is 3.52. The lowest BCUT2D eigenvalue weighted by Gasteiger charge is -2.30. The molecule has 0 bridgehead atoms. The lowest BCUT2D eigenvalue weighted by molar-refractivity contribution is 0.0633. The Labute approximate surface area is 150 Å². The van der Waals surface area contributed by atoms with E-state index in [0.717, 1.165) is 36.4 Å². The van der Waals surface area contributed by atoms with Crippen LogP contribution in [0, 0.1) is 13.8 Å². The number of hydrogen-bond acceptors (Lipinski definition) is 3. The summed E-state index contributed by atoms with van der Waals surface area (Å²) in [5.74, 6) is 0.899.